The minimum absolute atomic E-state index is 0.944. The Kier molecular flexibility index (Phi) is 2.06. The van der Waals surface area contributed by atoms with Gasteiger partial charge in [-0.05, 0) is 313 Å². The van der Waals surface area contributed by atoms with Crippen LogP contribution in [0.3, 0.4) is 0 Å². The fraction of sp³-hybridized carbons (Fsp3) is 0.0625. The molecule has 3 N–H and O–H groups in total. The van der Waals surface area contributed by atoms with Crippen molar-refractivity contribution in [1.29, 1.82) is 0 Å². The predicted molar refractivity (Wildman–Crippen MR) is 278 cm³/mol. The van der Waals surface area contributed by atoms with E-state index in [1.54, 1.807) is 0 Å². The third-order valence-corrected chi connectivity index (χ3v) is 25.1. The second-order valence-corrected chi connectivity index (χ2v) is 25.1. The van der Waals surface area contributed by atoms with Gasteiger partial charge in [0.15, 0.2) is 0 Å². The van der Waals surface area contributed by atoms with Crippen LogP contribution in [0.25, 0.3) is 280 Å². The highest BCUT2D eigenvalue weighted by Crippen LogP contribution is 2.85. The summed E-state index contributed by atoms with van der Waals surface area (Å²) < 4.78 is 0. The van der Waals surface area contributed by atoms with Crippen LogP contribution in [0.1, 0.15) is 33.4 Å². The van der Waals surface area contributed by atoms with Crippen molar-refractivity contribution in [3.63, 3.8) is 0 Å². The Morgan fingerprint density at radius 1 is 0.217 bits per heavy atom. The van der Waals surface area contributed by atoms with E-state index in [2.05, 4.69) is 5.32 Å². The lowest BCUT2D eigenvalue weighted by atomic mass is 9.52. The average molecular weight is 852 g/mol. The van der Waals surface area contributed by atoms with Crippen molar-refractivity contribution < 1.29 is 19.8 Å². The Balaban J connectivity index is 1.23. The first-order chi connectivity index (χ1) is 34.1. The maximum Gasteiger partial charge on any atom is 0.322 e. The molecule has 5 aliphatic carbocycles. The minimum Gasteiger partial charge on any atom is -0.480 e. The molecule has 4 unspecified atom stereocenters. The van der Waals surface area contributed by atoms with Crippen LogP contribution in [0, 0.1) is 0 Å². The second-order valence-electron chi connectivity index (χ2n) is 25.1. The van der Waals surface area contributed by atoms with Gasteiger partial charge in [0, 0.05) is 0 Å². The number of carbonyl (C=O) groups is 2. The van der Waals surface area contributed by atoms with Crippen molar-refractivity contribution >= 4 is 292 Å². The number of benzene rings is 17. The predicted octanol–water partition coefficient (Wildman–Crippen LogP) is 14.5. The molecule has 7 aliphatic rings. The number of nitrogens with one attached hydrogen (secondary N) is 1. The molecule has 2 aliphatic heterocycles. The highest BCUT2D eigenvalue weighted by molar-refractivity contribution is 6.81. The standard InChI is InChI=1S/C64H5NO4/c66-61(67)59-63-53-45-36-29-16-9-3-4-6-2-1-5(3)14(16)20-18-7(1)11-8(2)19-21-15(6)17-10(4)13-12(9)23-31-24(13)33-30(17)37-35(21)39-26(19)28-22(11)27-25(18)38(34(20)36)49(53)51-40(27)41(28)52-50(39)54-46(37)43(33)48-44(31)47(42(45)32(23)29)55(63)56(48)64(54,58(52)57(51)63)60(65-59)62(68)69/h59-60,65H,(H,66,67)(H,68,69). The van der Waals surface area contributed by atoms with E-state index in [0.717, 1.165) is 0 Å². The first kappa shape index (κ1) is 25.5. The van der Waals surface area contributed by atoms with Crippen LogP contribution in [-0.2, 0) is 20.4 Å². The Morgan fingerprint density at radius 2 is 0.333 bits per heavy atom. The highest BCUT2D eigenvalue weighted by atomic mass is 16.4. The van der Waals surface area contributed by atoms with Gasteiger partial charge in [0.25, 0.3) is 0 Å². The number of aliphatic carboxylic acids is 2. The van der Waals surface area contributed by atoms with Gasteiger partial charge >= 0.3 is 11.9 Å². The Labute approximate surface area is 371 Å². The first-order valence-corrected chi connectivity index (χ1v) is 25.1. The normalized spacial score (nSPS) is 24.8. The molecule has 27 aromatic rings. The Hall–Kier alpha value is -8.64. The van der Waals surface area contributed by atoms with E-state index in [1.165, 1.54) is 313 Å². The van der Waals surface area contributed by atoms with Gasteiger partial charge in [0.1, 0.15) is 12.1 Å². The molecule has 2 bridgehead atoms. The summed E-state index contributed by atoms with van der Waals surface area (Å²) in [5, 5.41) is 103. The summed E-state index contributed by atoms with van der Waals surface area (Å²) in [7, 11) is 0. The molecular formula is C64H5NO4. The van der Waals surface area contributed by atoms with E-state index in [4.69, 9.17) is 0 Å². The van der Waals surface area contributed by atoms with Crippen LogP contribution >= 0.6 is 0 Å². The summed E-state index contributed by atoms with van der Waals surface area (Å²) in [6.07, 6.45) is 0. The second kappa shape index (κ2) is 5.58. The van der Waals surface area contributed by atoms with Gasteiger partial charge in [-0.3, -0.25) is 14.9 Å². The zero-order chi connectivity index (χ0) is 41.5. The smallest absolute Gasteiger partial charge is 0.322 e. The molecule has 27 aromatic carbocycles. The summed E-state index contributed by atoms with van der Waals surface area (Å²) in [6.45, 7) is 0. The number of carboxylic acid groups (broad SMARTS) is 2. The number of fused-ring (bicyclic) bond motifs is 2. The van der Waals surface area contributed by atoms with Gasteiger partial charge < -0.3 is 10.2 Å². The SMILES string of the molecule is O=C(O)C1NC(C(=O)O)C23c4c5c6c7c8c9c%10c%11c(c2c2c%12c3c3c%13c4c6c4c6c7c7c8c8c%10c%10c%14c%11c2c2c%11c%12c%12c3c3c%13c4c4c6c6c7c7c8c%10c8c(c%142)c2c%11c%12c%10c3c4c3c%10c2c8c7c63)C591. The molecule has 0 aromatic heterocycles. The molecule has 2 heterocycles. The molecular weight excluding hydrogens is 847 g/mol. The van der Waals surface area contributed by atoms with E-state index >= 15 is 9.59 Å². The van der Waals surface area contributed by atoms with Crippen LogP contribution in [0.15, 0.2) is 0 Å². The van der Waals surface area contributed by atoms with Crippen LogP contribution in [-0.4, -0.2) is 34.2 Å². The van der Waals surface area contributed by atoms with E-state index in [9.17, 15) is 10.2 Å². The number of carboxylic acids is 2. The number of hydrogen-bond donors (Lipinski definition) is 3. The van der Waals surface area contributed by atoms with Crippen molar-refractivity contribution in [3.8, 4) is 0 Å². The molecule has 0 amide bonds. The first-order valence-electron chi connectivity index (χ1n) is 25.1. The van der Waals surface area contributed by atoms with Gasteiger partial charge in [-0.25, -0.2) is 0 Å². The molecule has 290 valence electrons. The molecule has 4 atom stereocenters. The summed E-state index contributed by atoms with van der Waals surface area (Å²) in [5.74, 6) is -1.89. The fourth-order valence-electron chi connectivity index (χ4n) is 25.2. The summed E-state index contributed by atoms with van der Waals surface area (Å²) >= 11 is 0. The highest BCUT2D eigenvalue weighted by Gasteiger charge is 2.74. The van der Waals surface area contributed by atoms with Crippen molar-refractivity contribution in [1.82, 2.24) is 5.32 Å². The molecule has 69 heavy (non-hydrogen) atoms. The third-order valence-electron chi connectivity index (χ3n) is 25.1. The van der Waals surface area contributed by atoms with Crippen molar-refractivity contribution in [2.75, 3.05) is 0 Å². The van der Waals surface area contributed by atoms with Crippen molar-refractivity contribution in [2.24, 2.45) is 0 Å². The molecule has 0 fully saturated rings. The minimum atomic E-state index is -1.19. The van der Waals surface area contributed by atoms with Gasteiger partial charge in [-0.15, -0.1) is 0 Å². The molecule has 34 rings (SSSR count). The van der Waals surface area contributed by atoms with Gasteiger partial charge in [0.05, 0.1) is 10.8 Å². The van der Waals surface area contributed by atoms with Gasteiger partial charge in [0.2, 0.25) is 0 Å². The van der Waals surface area contributed by atoms with Crippen LogP contribution in [0.5, 0.6) is 0 Å². The average Bonchev–Trinajstić information content (AvgIpc) is 4.23. The monoisotopic (exact) mass is 851 g/mol. The van der Waals surface area contributed by atoms with Gasteiger partial charge in [-0.2, -0.15) is 0 Å². The zero-order valence-corrected chi connectivity index (χ0v) is 34.4. The number of rotatable bonds is 2. The molecule has 0 radical (unpaired) electrons. The maximum atomic E-state index is 15.1. The van der Waals surface area contributed by atoms with Crippen LogP contribution in [0.2, 0.25) is 0 Å². The third kappa shape index (κ3) is 1.30. The van der Waals surface area contributed by atoms with Crippen LogP contribution in [0.4, 0.5) is 0 Å². The van der Waals surface area contributed by atoms with E-state index in [1.807, 2.05) is 0 Å². The molecule has 0 saturated carbocycles. The largest absolute Gasteiger partial charge is 0.480 e. The lowest BCUT2D eigenvalue weighted by Gasteiger charge is -2.47. The Bertz CT molecular complexity index is 6950. The lowest BCUT2D eigenvalue weighted by Crippen LogP contribution is -2.58. The Morgan fingerprint density at radius 3 is 0.507 bits per heavy atom. The van der Waals surface area contributed by atoms with E-state index in [0.29, 0.717) is 0 Å². The van der Waals surface area contributed by atoms with Crippen molar-refractivity contribution in [3.05, 3.63) is 33.4 Å². The quantitative estimate of drug-likeness (QED) is 0.151. The topological polar surface area (TPSA) is 86.6 Å². The summed E-state index contributed by atoms with van der Waals surface area (Å²) in [5.41, 5.74) is 4.80. The zero-order valence-electron chi connectivity index (χ0n) is 34.4. The maximum absolute atomic E-state index is 15.1. The molecule has 5 nitrogen and oxygen atoms in total. The number of hydrogen-bond acceptors (Lipinski definition) is 3. The summed E-state index contributed by atoms with van der Waals surface area (Å²) in [6, 6.07) is -2.39. The molecule has 0 saturated heterocycles. The fourth-order valence-corrected chi connectivity index (χ4v) is 25.2. The van der Waals surface area contributed by atoms with Crippen LogP contribution < -0.4 is 5.32 Å². The summed E-state index contributed by atoms with van der Waals surface area (Å²) in [4.78, 5) is 30.3. The van der Waals surface area contributed by atoms with Crippen molar-refractivity contribution in [2.45, 2.75) is 22.9 Å². The van der Waals surface area contributed by atoms with E-state index < -0.39 is 34.9 Å². The van der Waals surface area contributed by atoms with Gasteiger partial charge in [-0.1, -0.05) is 0 Å². The molecule has 5 heteroatoms. The molecule has 2 spiro atoms. The van der Waals surface area contributed by atoms with E-state index in [-0.39, 0.29) is 0 Å². The lowest BCUT2D eigenvalue weighted by molar-refractivity contribution is -0.143.